The first-order valence-corrected chi connectivity index (χ1v) is 11.1. The molecule has 0 aliphatic rings. The normalized spacial score (nSPS) is 10.7. The van der Waals surface area contributed by atoms with Gasteiger partial charge in [0.2, 0.25) is 0 Å². The molecular formula is C24H18ClIN2O. The fourth-order valence-corrected chi connectivity index (χ4v) is 3.91. The van der Waals surface area contributed by atoms with Gasteiger partial charge in [-0.1, -0.05) is 107 Å². The van der Waals surface area contributed by atoms with E-state index < -0.39 is 0 Å². The minimum absolute atomic E-state index is 0.462. The fraction of sp³-hybridized carbons (Fsp3) is 0.0833. The van der Waals surface area contributed by atoms with Crippen molar-refractivity contribution < 1.29 is 4.74 Å². The molecule has 0 amide bonds. The van der Waals surface area contributed by atoms with Crippen molar-refractivity contribution in [3.63, 3.8) is 0 Å². The van der Waals surface area contributed by atoms with Gasteiger partial charge in [0.25, 0.3) is 0 Å². The molecule has 5 heteroatoms. The Hall–Kier alpha value is -2.44. The van der Waals surface area contributed by atoms with Crippen molar-refractivity contribution >= 4 is 34.2 Å². The van der Waals surface area contributed by atoms with Crippen LogP contribution in [0.5, 0.6) is 5.75 Å². The van der Waals surface area contributed by atoms with E-state index in [2.05, 4.69) is 27.6 Å². The highest BCUT2D eigenvalue weighted by Crippen LogP contribution is 2.33. The van der Waals surface area contributed by atoms with Gasteiger partial charge in [-0.25, -0.2) is 9.97 Å². The monoisotopic (exact) mass is 512 g/mol. The summed E-state index contributed by atoms with van der Waals surface area (Å²) in [7, 11) is 0. The van der Waals surface area contributed by atoms with Crippen LogP contribution < -0.4 is 4.74 Å². The third kappa shape index (κ3) is 4.77. The maximum Gasteiger partial charge on any atom is 0.161 e. The van der Waals surface area contributed by atoms with Crippen molar-refractivity contribution in [3.8, 4) is 28.3 Å². The van der Waals surface area contributed by atoms with E-state index in [0.717, 1.165) is 38.1 Å². The van der Waals surface area contributed by atoms with Crippen LogP contribution in [0.1, 0.15) is 11.3 Å². The van der Waals surface area contributed by atoms with Crippen molar-refractivity contribution in [2.75, 3.05) is 0 Å². The molecule has 1 aromatic heterocycles. The largest absolute Gasteiger partial charge is 0.489 e. The average molecular weight is 513 g/mol. The summed E-state index contributed by atoms with van der Waals surface area (Å²) < 4.78 is 6.68. The Morgan fingerprint density at radius 2 is 1.48 bits per heavy atom. The van der Waals surface area contributed by atoms with Gasteiger partial charge >= 0.3 is 0 Å². The Labute approximate surface area is 188 Å². The van der Waals surface area contributed by atoms with Crippen LogP contribution in [0.15, 0.2) is 84.9 Å². The molecule has 0 atom stereocenters. The van der Waals surface area contributed by atoms with E-state index in [1.54, 1.807) is 0 Å². The molecule has 29 heavy (non-hydrogen) atoms. The Kier molecular flexibility index (Phi) is 6.42. The zero-order valence-electron chi connectivity index (χ0n) is 15.6. The highest BCUT2D eigenvalue weighted by molar-refractivity contribution is 14.1. The second-order valence-electron chi connectivity index (χ2n) is 6.46. The third-order valence-corrected chi connectivity index (χ3v) is 5.47. The van der Waals surface area contributed by atoms with Crippen molar-refractivity contribution in [1.82, 2.24) is 9.97 Å². The van der Waals surface area contributed by atoms with Crippen molar-refractivity contribution in [1.29, 1.82) is 0 Å². The van der Waals surface area contributed by atoms with Gasteiger partial charge < -0.3 is 4.74 Å². The number of halogens is 2. The lowest BCUT2D eigenvalue weighted by Crippen LogP contribution is -2.00. The van der Waals surface area contributed by atoms with Crippen molar-refractivity contribution in [3.05, 3.63) is 101 Å². The van der Waals surface area contributed by atoms with Crippen LogP contribution in [-0.2, 0) is 11.0 Å². The first kappa shape index (κ1) is 19.9. The molecule has 0 N–H and O–H groups in total. The van der Waals surface area contributed by atoms with Gasteiger partial charge in [-0.3, -0.25) is 0 Å². The highest BCUT2D eigenvalue weighted by atomic mass is 127. The molecule has 0 spiro atoms. The van der Waals surface area contributed by atoms with Gasteiger partial charge in [0, 0.05) is 15.6 Å². The summed E-state index contributed by atoms with van der Waals surface area (Å²) in [5.41, 5.74) is 4.83. The van der Waals surface area contributed by atoms with Crippen LogP contribution >= 0.6 is 34.2 Å². The molecule has 144 valence electrons. The van der Waals surface area contributed by atoms with Gasteiger partial charge in [-0.15, -0.1) is 0 Å². The van der Waals surface area contributed by atoms with E-state index in [0.29, 0.717) is 17.6 Å². The first-order valence-electron chi connectivity index (χ1n) is 9.19. The number of nitrogens with zero attached hydrogens (tertiary/aromatic N) is 2. The minimum atomic E-state index is 0.462. The second-order valence-corrected chi connectivity index (χ2v) is 7.58. The SMILES string of the molecule is Clc1nc(-c2cccc(OCc3ccccc3)c2)nc(CI)c1-c1ccccc1. The summed E-state index contributed by atoms with van der Waals surface area (Å²) in [5, 5.41) is 0.462. The smallest absolute Gasteiger partial charge is 0.161 e. The molecular weight excluding hydrogens is 495 g/mol. The number of hydrogen-bond donors (Lipinski definition) is 0. The lowest BCUT2D eigenvalue weighted by molar-refractivity contribution is 0.306. The first-order chi connectivity index (χ1) is 14.2. The maximum absolute atomic E-state index is 6.59. The Bertz CT molecular complexity index is 1100. The summed E-state index contributed by atoms with van der Waals surface area (Å²) in [4.78, 5) is 9.38. The van der Waals surface area contributed by atoms with Crippen LogP contribution in [0, 0.1) is 0 Å². The topological polar surface area (TPSA) is 35.0 Å². The van der Waals surface area contributed by atoms with Gasteiger partial charge in [0.1, 0.15) is 17.5 Å². The summed E-state index contributed by atoms with van der Waals surface area (Å²) >= 11 is 8.90. The molecule has 0 unspecified atom stereocenters. The number of benzene rings is 3. The van der Waals surface area contributed by atoms with Crippen LogP contribution in [0.4, 0.5) is 0 Å². The molecule has 0 saturated heterocycles. The highest BCUT2D eigenvalue weighted by Gasteiger charge is 2.15. The molecule has 1 heterocycles. The van der Waals surface area contributed by atoms with E-state index in [4.69, 9.17) is 21.3 Å². The zero-order valence-corrected chi connectivity index (χ0v) is 18.5. The molecule has 0 saturated carbocycles. The van der Waals surface area contributed by atoms with Gasteiger partial charge in [-0.2, -0.15) is 0 Å². The van der Waals surface area contributed by atoms with E-state index >= 15 is 0 Å². The molecule has 0 aliphatic carbocycles. The van der Waals surface area contributed by atoms with Gasteiger partial charge in [0.15, 0.2) is 5.82 Å². The quantitative estimate of drug-likeness (QED) is 0.159. The number of ether oxygens (including phenoxy) is 1. The molecule has 4 rings (SSSR count). The van der Waals surface area contributed by atoms with E-state index in [1.807, 2.05) is 84.9 Å². The lowest BCUT2D eigenvalue weighted by atomic mass is 10.1. The second kappa shape index (κ2) is 9.37. The summed E-state index contributed by atoms with van der Waals surface area (Å²) in [6.45, 7) is 0.512. The Morgan fingerprint density at radius 3 is 2.21 bits per heavy atom. The number of rotatable bonds is 6. The van der Waals surface area contributed by atoms with Gasteiger partial charge in [0.05, 0.1) is 5.69 Å². The minimum Gasteiger partial charge on any atom is -0.489 e. The Balaban J connectivity index is 1.64. The molecule has 0 fully saturated rings. The van der Waals surface area contributed by atoms with Crippen LogP contribution in [0.3, 0.4) is 0 Å². The van der Waals surface area contributed by atoms with E-state index in [1.165, 1.54) is 0 Å². The number of alkyl halides is 1. The molecule has 3 aromatic carbocycles. The zero-order chi connectivity index (χ0) is 20.1. The predicted molar refractivity (Wildman–Crippen MR) is 126 cm³/mol. The average Bonchev–Trinajstić information content (AvgIpc) is 2.78. The third-order valence-electron chi connectivity index (χ3n) is 4.47. The van der Waals surface area contributed by atoms with Gasteiger partial charge in [-0.05, 0) is 23.3 Å². The van der Waals surface area contributed by atoms with E-state index in [-0.39, 0.29) is 0 Å². The van der Waals surface area contributed by atoms with E-state index in [9.17, 15) is 0 Å². The molecule has 0 radical (unpaired) electrons. The summed E-state index contributed by atoms with van der Waals surface area (Å²) in [6, 6.07) is 27.9. The number of aromatic nitrogens is 2. The summed E-state index contributed by atoms with van der Waals surface area (Å²) in [6.07, 6.45) is 0. The molecule has 0 aliphatic heterocycles. The predicted octanol–water partition coefficient (Wildman–Crippen LogP) is 6.98. The lowest BCUT2D eigenvalue weighted by Gasteiger charge is -2.12. The Morgan fingerprint density at radius 1 is 0.793 bits per heavy atom. The number of hydrogen-bond acceptors (Lipinski definition) is 3. The molecule has 0 bridgehead atoms. The van der Waals surface area contributed by atoms with Crippen molar-refractivity contribution in [2.45, 2.75) is 11.0 Å². The maximum atomic E-state index is 6.59. The van der Waals surface area contributed by atoms with Crippen LogP contribution in [0.2, 0.25) is 5.15 Å². The summed E-state index contributed by atoms with van der Waals surface area (Å²) in [5.74, 6) is 1.38. The van der Waals surface area contributed by atoms with Crippen LogP contribution in [-0.4, -0.2) is 9.97 Å². The molecule has 3 nitrogen and oxygen atoms in total. The standard InChI is InChI=1S/C24H18ClIN2O/c25-23-22(18-10-5-2-6-11-18)21(15-26)27-24(28-23)19-12-7-13-20(14-19)29-16-17-8-3-1-4-9-17/h1-14H,15-16H2. The molecule has 4 aromatic rings. The fourth-order valence-electron chi connectivity index (χ4n) is 3.06. The van der Waals surface area contributed by atoms with Crippen LogP contribution in [0.25, 0.3) is 22.5 Å². The van der Waals surface area contributed by atoms with Crippen molar-refractivity contribution in [2.24, 2.45) is 0 Å².